The van der Waals surface area contributed by atoms with Crippen LogP contribution in [0.3, 0.4) is 0 Å². The zero-order chi connectivity index (χ0) is 16.3. The molecule has 122 valence electrons. The number of hydrogen-bond donors (Lipinski definition) is 3. The second-order valence-corrected chi connectivity index (χ2v) is 5.57. The first kappa shape index (κ1) is 16.5. The van der Waals surface area contributed by atoms with Gasteiger partial charge in [0.05, 0.1) is 12.3 Å². The Balaban J connectivity index is 2.57. The molecule has 1 aromatic rings. The van der Waals surface area contributed by atoms with Gasteiger partial charge in [-0.1, -0.05) is 6.92 Å². The number of carboxylic acids is 1. The second-order valence-electron chi connectivity index (χ2n) is 5.57. The smallest absolute Gasteiger partial charge is 0.326 e. The van der Waals surface area contributed by atoms with Crippen LogP contribution in [-0.2, 0) is 17.9 Å². The van der Waals surface area contributed by atoms with E-state index in [0.717, 1.165) is 32.0 Å². The molecule has 22 heavy (non-hydrogen) atoms. The third-order valence-electron chi connectivity index (χ3n) is 4.12. The van der Waals surface area contributed by atoms with Crippen LogP contribution in [0.25, 0.3) is 0 Å². The van der Waals surface area contributed by atoms with Gasteiger partial charge in [-0.2, -0.15) is 0 Å². The molecule has 0 radical (unpaired) electrons. The lowest BCUT2D eigenvalue weighted by atomic mass is 10.1. The fourth-order valence-electron chi connectivity index (χ4n) is 3.00. The van der Waals surface area contributed by atoms with E-state index in [2.05, 4.69) is 4.90 Å². The standard InChI is InChI=1S/C15H22N2O5/c1-2-11(15(21)22)17-10(9-18)7-13(19)14(20)12(17)8-16-5-3-4-6-16/h7,11,18,20H,2-6,8-9H2,1H3,(H,21,22). The molecule has 7 heteroatoms. The van der Waals surface area contributed by atoms with Gasteiger partial charge in [0.1, 0.15) is 6.04 Å². The first-order valence-corrected chi connectivity index (χ1v) is 7.51. The number of aliphatic hydroxyl groups is 1. The third kappa shape index (κ3) is 3.15. The lowest BCUT2D eigenvalue weighted by Crippen LogP contribution is -2.30. The number of nitrogens with zero attached hydrogens (tertiary/aromatic N) is 2. The predicted molar refractivity (Wildman–Crippen MR) is 79.8 cm³/mol. The molecule has 1 saturated heterocycles. The SMILES string of the molecule is CCC(C(=O)O)n1c(CO)cc(=O)c(O)c1CN1CCCC1. The summed E-state index contributed by atoms with van der Waals surface area (Å²) in [6, 6.07) is 0.181. The quantitative estimate of drug-likeness (QED) is 0.714. The van der Waals surface area contributed by atoms with Gasteiger partial charge < -0.3 is 19.9 Å². The van der Waals surface area contributed by atoms with Crippen molar-refractivity contribution in [2.45, 2.75) is 45.4 Å². The Kier molecular flexibility index (Phi) is 5.20. The van der Waals surface area contributed by atoms with E-state index in [1.165, 1.54) is 4.57 Å². The van der Waals surface area contributed by atoms with Crippen molar-refractivity contribution >= 4 is 5.97 Å². The van der Waals surface area contributed by atoms with Crippen LogP contribution < -0.4 is 5.43 Å². The van der Waals surface area contributed by atoms with Gasteiger partial charge in [-0.25, -0.2) is 4.79 Å². The minimum absolute atomic E-state index is 0.214. The van der Waals surface area contributed by atoms with Gasteiger partial charge in [0.15, 0.2) is 5.75 Å². The Morgan fingerprint density at radius 3 is 2.50 bits per heavy atom. The molecule has 7 nitrogen and oxygen atoms in total. The highest BCUT2D eigenvalue weighted by Crippen LogP contribution is 2.25. The van der Waals surface area contributed by atoms with Crippen molar-refractivity contribution in [1.82, 2.24) is 9.47 Å². The summed E-state index contributed by atoms with van der Waals surface area (Å²) in [7, 11) is 0. The molecule has 0 bridgehead atoms. The zero-order valence-corrected chi connectivity index (χ0v) is 12.7. The van der Waals surface area contributed by atoms with Crippen molar-refractivity contribution in [3.05, 3.63) is 27.7 Å². The predicted octanol–water partition coefficient (Wildman–Crippen LogP) is 0.678. The molecule has 1 fully saturated rings. The molecule has 2 heterocycles. The molecule has 1 aromatic heterocycles. The number of aromatic hydroxyl groups is 1. The summed E-state index contributed by atoms with van der Waals surface area (Å²) < 4.78 is 1.40. The number of hydrogen-bond acceptors (Lipinski definition) is 5. The maximum Gasteiger partial charge on any atom is 0.326 e. The van der Waals surface area contributed by atoms with Gasteiger partial charge >= 0.3 is 5.97 Å². The van der Waals surface area contributed by atoms with Crippen molar-refractivity contribution in [1.29, 1.82) is 0 Å². The Morgan fingerprint density at radius 2 is 2.00 bits per heavy atom. The molecule has 3 N–H and O–H groups in total. The second kappa shape index (κ2) is 6.93. The van der Waals surface area contributed by atoms with E-state index in [9.17, 15) is 24.9 Å². The zero-order valence-electron chi connectivity index (χ0n) is 12.7. The average molecular weight is 310 g/mol. The molecule has 0 aliphatic carbocycles. The van der Waals surface area contributed by atoms with Crippen LogP contribution >= 0.6 is 0 Å². The van der Waals surface area contributed by atoms with E-state index in [4.69, 9.17) is 0 Å². The Hall–Kier alpha value is -1.86. The molecule has 0 spiro atoms. The van der Waals surface area contributed by atoms with E-state index in [0.29, 0.717) is 6.54 Å². The molecule has 0 saturated carbocycles. The summed E-state index contributed by atoms with van der Waals surface area (Å²) in [5.41, 5.74) is -0.103. The van der Waals surface area contributed by atoms with Gasteiger partial charge in [-0.15, -0.1) is 0 Å². The van der Waals surface area contributed by atoms with Crippen LogP contribution in [-0.4, -0.2) is 43.8 Å². The summed E-state index contributed by atoms with van der Waals surface area (Å²) in [4.78, 5) is 25.5. The van der Waals surface area contributed by atoms with Gasteiger partial charge in [0.2, 0.25) is 5.43 Å². The van der Waals surface area contributed by atoms with Crippen LogP contribution in [0.2, 0.25) is 0 Å². The Bertz CT molecular complexity index is 605. The number of aromatic nitrogens is 1. The Morgan fingerprint density at radius 1 is 1.36 bits per heavy atom. The number of likely N-dealkylation sites (tertiary alicyclic amines) is 1. The van der Waals surface area contributed by atoms with Gasteiger partial charge in [-0.3, -0.25) is 9.69 Å². The largest absolute Gasteiger partial charge is 0.503 e. The van der Waals surface area contributed by atoms with Gasteiger partial charge in [0.25, 0.3) is 0 Å². The number of aliphatic carboxylic acids is 1. The monoisotopic (exact) mass is 310 g/mol. The maximum absolute atomic E-state index is 11.9. The molecular weight excluding hydrogens is 288 g/mol. The third-order valence-corrected chi connectivity index (χ3v) is 4.12. The van der Waals surface area contributed by atoms with Crippen molar-refractivity contribution in [2.24, 2.45) is 0 Å². The van der Waals surface area contributed by atoms with Crippen molar-refractivity contribution < 1.29 is 20.1 Å². The Labute approximate surface area is 128 Å². The van der Waals surface area contributed by atoms with Crippen LogP contribution in [0.15, 0.2) is 10.9 Å². The molecule has 0 amide bonds. The van der Waals surface area contributed by atoms with E-state index < -0.39 is 29.8 Å². The molecular formula is C15H22N2O5. The number of carboxylic acid groups (broad SMARTS) is 1. The van der Waals surface area contributed by atoms with Gasteiger partial charge in [0, 0.05) is 18.3 Å². The van der Waals surface area contributed by atoms with Crippen molar-refractivity contribution in [3.63, 3.8) is 0 Å². The molecule has 1 unspecified atom stereocenters. The van der Waals surface area contributed by atoms with Crippen LogP contribution in [0.5, 0.6) is 5.75 Å². The molecule has 0 aromatic carbocycles. The van der Waals surface area contributed by atoms with E-state index in [1.807, 2.05) is 0 Å². The molecule has 1 aliphatic heterocycles. The number of aliphatic hydroxyl groups excluding tert-OH is 1. The first-order chi connectivity index (χ1) is 10.5. The number of carbonyl (C=O) groups is 1. The highest BCUT2D eigenvalue weighted by molar-refractivity contribution is 5.72. The lowest BCUT2D eigenvalue weighted by molar-refractivity contribution is -0.141. The van der Waals surface area contributed by atoms with Crippen LogP contribution in [0.4, 0.5) is 0 Å². The van der Waals surface area contributed by atoms with Crippen LogP contribution in [0.1, 0.15) is 43.6 Å². The van der Waals surface area contributed by atoms with Crippen LogP contribution in [0, 0.1) is 0 Å². The normalized spacial score (nSPS) is 16.8. The average Bonchev–Trinajstić information content (AvgIpc) is 2.99. The summed E-state index contributed by atoms with van der Waals surface area (Å²) in [6.45, 7) is 3.27. The summed E-state index contributed by atoms with van der Waals surface area (Å²) in [6.07, 6.45) is 2.37. The highest BCUT2D eigenvalue weighted by atomic mass is 16.4. The molecule has 2 rings (SSSR count). The number of pyridine rings is 1. The summed E-state index contributed by atoms with van der Waals surface area (Å²) in [5.74, 6) is -1.48. The van der Waals surface area contributed by atoms with E-state index >= 15 is 0 Å². The minimum atomic E-state index is -1.05. The maximum atomic E-state index is 11.9. The molecule has 1 aliphatic rings. The minimum Gasteiger partial charge on any atom is -0.503 e. The van der Waals surface area contributed by atoms with E-state index in [1.54, 1.807) is 6.92 Å². The van der Waals surface area contributed by atoms with Gasteiger partial charge in [-0.05, 0) is 32.4 Å². The fraction of sp³-hybridized carbons (Fsp3) is 0.600. The van der Waals surface area contributed by atoms with Crippen molar-refractivity contribution in [2.75, 3.05) is 13.1 Å². The van der Waals surface area contributed by atoms with Crippen molar-refractivity contribution in [3.8, 4) is 5.75 Å². The fourth-order valence-corrected chi connectivity index (χ4v) is 3.00. The lowest BCUT2D eigenvalue weighted by Gasteiger charge is -2.26. The van der Waals surface area contributed by atoms with E-state index in [-0.39, 0.29) is 17.8 Å². The summed E-state index contributed by atoms with van der Waals surface area (Å²) >= 11 is 0. The number of rotatable bonds is 6. The molecule has 1 atom stereocenters. The topological polar surface area (TPSA) is 103 Å². The highest BCUT2D eigenvalue weighted by Gasteiger charge is 2.26. The first-order valence-electron chi connectivity index (χ1n) is 7.51. The summed E-state index contributed by atoms with van der Waals surface area (Å²) in [5, 5.41) is 29.1.